The van der Waals surface area contributed by atoms with Crippen molar-refractivity contribution in [1.29, 1.82) is 0 Å². The molecular formula is C28H27N5O3. The summed E-state index contributed by atoms with van der Waals surface area (Å²) in [7, 11) is 1.80. The van der Waals surface area contributed by atoms with E-state index in [1.165, 1.54) is 0 Å². The number of benzene rings is 3. The van der Waals surface area contributed by atoms with E-state index in [0.717, 1.165) is 22.5 Å². The maximum atomic E-state index is 13.3. The van der Waals surface area contributed by atoms with E-state index in [9.17, 15) is 9.59 Å². The number of imidazole rings is 1. The molecule has 0 unspecified atom stereocenters. The lowest BCUT2D eigenvalue weighted by Crippen LogP contribution is -2.26. The molecule has 0 spiro atoms. The number of fused-ring (bicyclic) bond motifs is 1. The van der Waals surface area contributed by atoms with Gasteiger partial charge in [-0.1, -0.05) is 48.5 Å². The third-order valence-electron chi connectivity index (χ3n) is 6.22. The predicted molar refractivity (Wildman–Crippen MR) is 140 cm³/mol. The topological polar surface area (TPSA) is 83.1 Å². The van der Waals surface area contributed by atoms with Crippen LogP contribution in [0.2, 0.25) is 0 Å². The minimum Gasteiger partial charge on any atom is -0.483 e. The Bertz CT molecular complexity index is 1580. The molecule has 0 radical (unpaired) electrons. The first-order valence-electron chi connectivity index (χ1n) is 11.7. The molecule has 0 fully saturated rings. The first-order chi connectivity index (χ1) is 17.4. The molecule has 8 nitrogen and oxygen atoms in total. The number of aromatic nitrogens is 4. The summed E-state index contributed by atoms with van der Waals surface area (Å²) in [6.07, 6.45) is -0.402. The zero-order chi connectivity index (χ0) is 25.2. The molecule has 36 heavy (non-hydrogen) atoms. The lowest BCUT2D eigenvalue weighted by Gasteiger charge is -2.16. The van der Waals surface area contributed by atoms with E-state index in [1.807, 2.05) is 103 Å². The van der Waals surface area contributed by atoms with Crippen molar-refractivity contribution in [3.05, 3.63) is 107 Å². The van der Waals surface area contributed by atoms with E-state index in [0.29, 0.717) is 11.5 Å². The van der Waals surface area contributed by atoms with Gasteiger partial charge in [-0.2, -0.15) is 0 Å². The summed E-state index contributed by atoms with van der Waals surface area (Å²) in [4.78, 5) is 31.2. The van der Waals surface area contributed by atoms with Crippen molar-refractivity contribution in [3.63, 3.8) is 0 Å². The van der Waals surface area contributed by atoms with Crippen molar-refractivity contribution in [2.24, 2.45) is 7.05 Å². The van der Waals surface area contributed by atoms with Crippen LogP contribution in [0.1, 0.15) is 24.5 Å². The zero-order valence-electron chi connectivity index (χ0n) is 20.4. The lowest BCUT2D eigenvalue weighted by molar-refractivity contribution is -0.116. The van der Waals surface area contributed by atoms with E-state index in [1.54, 1.807) is 16.4 Å². The van der Waals surface area contributed by atoms with Crippen molar-refractivity contribution < 1.29 is 9.53 Å². The number of nitrogens with one attached hydrogen (secondary N) is 1. The predicted octanol–water partition coefficient (Wildman–Crippen LogP) is 4.61. The second kappa shape index (κ2) is 9.58. The molecule has 2 aromatic heterocycles. The van der Waals surface area contributed by atoms with E-state index >= 15 is 0 Å². The van der Waals surface area contributed by atoms with Gasteiger partial charge in [-0.25, -0.2) is 9.67 Å². The number of anilines is 1. The summed E-state index contributed by atoms with van der Waals surface area (Å²) >= 11 is 0. The van der Waals surface area contributed by atoms with Gasteiger partial charge in [-0.05, 0) is 50.2 Å². The highest BCUT2D eigenvalue weighted by molar-refractivity contribution is 5.92. The third-order valence-corrected chi connectivity index (χ3v) is 6.22. The van der Waals surface area contributed by atoms with Gasteiger partial charge < -0.3 is 14.6 Å². The molecule has 2 heterocycles. The Balaban J connectivity index is 1.45. The summed E-state index contributed by atoms with van der Waals surface area (Å²) < 4.78 is 11.2. The van der Waals surface area contributed by atoms with Crippen molar-refractivity contribution in [2.75, 3.05) is 5.32 Å². The van der Waals surface area contributed by atoms with Crippen LogP contribution >= 0.6 is 0 Å². The van der Waals surface area contributed by atoms with Gasteiger partial charge in [0.05, 0.1) is 22.4 Å². The summed E-state index contributed by atoms with van der Waals surface area (Å²) in [6, 6.07) is 26.5. The van der Waals surface area contributed by atoms with Crippen LogP contribution in [-0.4, -0.2) is 24.8 Å². The molecule has 5 aromatic rings. The number of hydrogen-bond donors (Lipinski definition) is 1. The van der Waals surface area contributed by atoms with Gasteiger partial charge >= 0.3 is 0 Å². The number of nitrogens with zero attached hydrogens (tertiary/aromatic N) is 4. The number of carbonyl (C=O) groups excluding carboxylic acids is 1. The van der Waals surface area contributed by atoms with Gasteiger partial charge in [0.2, 0.25) is 5.91 Å². The monoisotopic (exact) mass is 481 g/mol. The SMILES string of the molecule is Cc1c(NC(=O)Cn2c([C@@H](C)Oc3ccccc3)nc3ccccc32)c(=O)n(-c2ccccc2)n1C. The van der Waals surface area contributed by atoms with Gasteiger partial charge in [0.15, 0.2) is 11.9 Å². The number of rotatable bonds is 7. The summed E-state index contributed by atoms with van der Waals surface area (Å²) in [6.45, 7) is 3.70. The van der Waals surface area contributed by atoms with E-state index in [4.69, 9.17) is 9.72 Å². The smallest absolute Gasteiger partial charge is 0.295 e. The van der Waals surface area contributed by atoms with Crippen molar-refractivity contribution in [1.82, 2.24) is 18.9 Å². The molecule has 3 aromatic carbocycles. The van der Waals surface area contributed by atoms with Crippen LogP contribution in [0.3, 0.4) is 0 Å². The van der Waals surface area contributed by atoms with Crippen LogP contribution in [0.15, 0.2) is 89.7 Å². The van der Waals surface area contributed by atoms with Crippen molar-refractivity contribution in [2.45, 2.75) is 26.5 Å². The first-order valence-corrected chi connectivity index (χ1v) is 11.7. The highest BCUT2D eigenvalue weighted by Gasteiger charge is 2.22. The Kier molecular flexibility index (Phi) is 6.16. The Morgan fingerprint density at radius 2 is 1.61 bits per heavy atom. The van der Waals surface area contributed by atoms with Crippen LogP contribution < -0.4 is 15.6 Å². The fourth-order valence-electron chi connectivity index (χ4n) is 4.36. The Hall–Kier alpha value is -4.59. The third kappa shape index (κ3) is 4.29. The van der Waals surface area contributed by atoms with Crippen molar-refractivity contribution >= 4 is 22.6 Å². The first kappa shape index (κ1) is 23.2. The molecule has 182 valence electrons. The number of ether oxygens (including phenoxy) is 1. The number of amides is 1. The minimum absolute atomic E-state index is 0.0164. The van der Waals surface area contributed by atoms with E-state index in [2.05, 4.69) is 5.32 Å². The Morgan fingerprint density at radius 3 is 2.33 bits per heavy atom. The second-order valence-electron chi connectivity index (χ2n) is 8.60. The summed E-state index contributed by atoms with van der Waals surface area (Å²) in [5, 5.41) is 2.85. The maximum absolute atomic E-state index is 13.3. The Labute approximate surface area is 208 Å². The minimum atomic E-state index is -0.402. The van der Waals surface area contributed by atoms with Crippen LogP contribution in [0, 0.1) is 6.92 Å². The van der Waals surface area contributed by atoms with Gasteiger partial charge in [0.25, 0.3) is 5.56 Å². The quantitative estimate of drug-likeness (QED) is 0.368. The zero-order valence-corrected chi connectivity index (χ0v) is 20.4. The molecule has 0 aliphatic heterocycles. The van der Waals surface area contributed by atoms with Crippen molar-refractivity contribution in [3.8, 4) is 11.4 Å². The van der Waals surface area contributed by atoms with Gasteiger partial charge in [0.1, 0.15) is 18.0 Å². The fraction of sp³-hybridized carbons (Fsp3) is 0.179. The fourth-order valence-corrected chi connectivity index (χ4v) is 4.36. The molecule has 0 saturated carbocycles. The molecule has 1 N–H and O–H groups in total. The molecule has 0 aliphatic carbocycles. The van der Waals surface area contributed by atoms with Gasteiger partial charge in [-0.3, -0.25) is 14.3 Å². The highest BCUT2D eigenvalue weighted by Crippen LogP contribution is 2.25. The molecule has 0 bridgehead atoms. The highest BCUT2D eigenvalue weighted by atomic mass is 16.5. The molecule has 8 heteroatoms. The number of hydrogen-bond acceptors (Lipinski definition) is 4. The molecule has 1 atom stereocenters. The number of carbonyl (C=O) groups is 1. The van der Waals surface area contributed by atoms with Gasteiger partial charge in [0, 0.05) is 7.05 Å². The molecule has 0 saturated heterocycles. The van der Waals surface area contributed by atoms with Crippen LogP contribution in [0.25, 0.3) is 16.7 Å². The number of para-hydroxylation sites is 4. The molecule has 5 rings (SSSR count). The molecular weight excluding hydrogens is 454 g/mol. The average molecular weight is 482 g/mol. The second-order valence-corrected chi connectivity index (χ2v) is 8.60. The van der Waals surface area contributed by atoms with Gasteiger partial charge in [-0.15, -0.1) is 0 Å². The largest absolute Gasteiger partial charge is 0.483 e. The van der Waals surface area contributed by atoms with Crippen LogP contribution in [0.4, 0.5) is 5.69 Å². The Morgan fingerprint density at radius 1 is 0.972 bits per heavy atom. The van der Waals surface area contributed by atoms with E-state index in [-0.39, 0.29) is 23.7 Å². The maximum Gasteiger partial charge on any atom is 0.295 e. The van der Waals surface area contributed by atoms with Crippen LogP contribution in [0.5, 0.6) is 5.75 Å². The van der Waals surface area contributed by atoms with E-state index < -0.39 is 6.10 Å². The standard InChI is InChI=1S/C28H27N5O3/c1-19-26(28(35)33(31(19)3)21-12-6-4-7-13-21)30-25(34)18-32-24-17-11-10-16-23(24)29-27(32)20(2)36-22-14-8-5-9-15-22/h4-17,20H,18H2,1-3H3,(H,30,34)/t20-/m1/s1. The molecule has 0 aliphatic rings. The normalized spacial score (nSPS) is 12.0. The summed E-state index contributed by atoms with van der Waals surface area (Å²) in [5.41, 5.74) is 2.94. The lowest BCUT2D eigenvalue weighted by atomic mass is 10.3. The summed E-state index contributed by atoms with van der Waals surface area (Å²) in [5.74, 6) is 1.02. The average Bonchev–Trinajstić information content (AvgIpc) is 3.35. The molecule has 1 amide bonds. The van der Waals surface area contributed by atoms with Crippen LogP contribution in [-0.2, 0) is 18.4 Å².